The van der Waals surface area contributed by atoms with Crippen LogP contribution in [0.1, 0.15) is 46.7 Å². The molecule has 30 heavy (non-hydrogen) atoms. The van der Waals surface area contributed by atoms with Crippen molar-refractivity contribution in [2.24, 2.45) is 0 Å². The van der Waals surface area contributed by atoms with Crippen LogP contribution < -0.4 is 10.6 Å². The number of carbonyl (C=O) groups excluding carboxylic acids is 2. The number of aromatic nitrogens is 1. The Morgan fingerprint density at radius 2 is 2.20 bits per heavy atom. The van der Waals surface area contributed by atoms with E-state index in [0.29, 0.717) is 36.7 Å². The second-order valence-corrected chi connectivity index (χ2v) is 9.39. The first-order valence-electron chi connectivity index (χ1n) is 10.1. The molecule has 0 aliphatic carbocycles. The van der Waals surface area contributed by atoms with E-state index < -0.39 is 0 Å². The van der Waals surface area contributed by atoms with Crippen LogP contribution in [0.4, 0.5) is 5.69 Å². The van der Waals surface area contributed by atoms with E-state index in [9.17, 15) is 9.59 Å². The van der Waals surface area contributed by atoms with Gasteiger partial charge in [0, 0.05) is 11.8 Å². The maximum atomic E-state index is 12.6. The van der Waals surface area contributed by atoms with Gasteiger partial charge >= 0.3 is 0 Å². The molecule has 160 valence electrons. The quantitative estimate of drug-likeness (QED) is 0.542. The molecule has 2 aliphatic heterocycles. The summed E-state index contributed by atoms with van der Waals surface area (Å²) < 4.78 is 13.4. The third-order valence-corrected chi connectivity index (χ3v) is 6.21. The SMILES string of the molecule is Cc1cc2n(c1)Sc1ccc(C(=O)CNCC[C@@H]3COC(C)(C)CO3)cc1NC2=O. The third kappa shape index (κ3) is 4.78. The Bertz CT molecular complexity index is 959. The van der Waals surface area contributed by atoms with E-state index in [-0.39, 0.29) is 29.9 Å². The average molecular weight is 430 g/mol. The van der Waals surface area contributed by atoms with Gasteiger partial charge in [-0.15, -0.1) is 0 Å². The van der Waals surface area contributed by atoms with E-state index in [0.717, 1.165) is 16.9 Å². The minimum absolute atomic E-state index is 0.0151. The number of ether oxygens (including phenoxy) is 2. The van der Waals surface area contributed by atoms with E-state index in [4.69, 9.17) is 9.47 Å². The van der Waals surface area contributed by atoms with Crippen molar-refractivity contribution in [1.82, 2.24) is 9.29 Å². The largest absolute Gasteiger partial charge is 0.373 e. The van der Waals surface area contributed by atoms with E-state index >= 15 is 0 Å². The minimum Gasteiger partial charge on any atom is -0.373 e. The molecule has 7 nitrogen and oxygen atoms in total. The molecule has 0 bridgehead atoms. The summed E-state index contributed by atoms with van der Waals surface area (Å²) in [6, 6.07) is 7.30. The number of nitrogens with one attached hydrogen (secondary N) is 2. The number of aryl methyl sites for hydroxylation is 1. The summed E-state index contributed by atoms with van der Waals surface area (Å²) in [5, 5.41) is 6.11. The molecule has 1 aromatic heterocycles. The minimum atomic E-state index is -0.222. The Kier molecular flexibility index (Phi) is 6.02. The Balaban J connectivity index is 1.31. The number of anilines is 1. The lowest BCUT2D eigenvalue weighted by molar-refractivity contribution is -0.175. The van der Waals surface area contributed by atoms with Crippen molar-refractivity contribution in [3.8, 4) is 0 Å². The van der Waals surface area contributed by atoms with E-state index in [1.165, 1.54) is 11.9 Å². The average Bonchev–Trinajstić information content (AvgIpc) is 3.02. The molecule has 0 spiro atoms. The van der Waals surface area contributed by atoms with Gasteiger partial charge in [-0.1, -0.05) is 6.07 Å². The molecule has 2 N–H and O–H groups in total. The number of benzene rings is 1. The number of hydrogen-bond donors (Lipinski definition) is 2. The second kappa shape index (κ2) is 8.55. The number of rotatable bonds is 6. The molecule has 0 unspecified atom stereocenters. The lowest BCUT2D eigenvalue weighted by atomic mass is 10.1. The highest BCUT2D eigenvalue weighted by atomic mass is 32.2. The second-order valence-electron chi connectivity index (χ2n) is 8.38. The lowest BCUT2D eigenvalue weighted by Gasteiger charge is -2.35. The molecule has 2 aliphatic rings. The van der Waals surface area contributed by atoms with Crippen LogP contribution in [0.3, 0.4) is 0 Å². The number of hydrogen-bond acceptors (Lipinski definition) is 6. The van der Waals surface area contributed by atoms with Gasteiger partial charge in [0.2, 0.25) is 0 Å². The first-order chi connectivity index (χ1) is 14.3. The Morgan fingerprint density at radius 1 is 1.37 bits per heavy atom. The normalized spacial score (nSPS) is 20.1. The van der Waals surface area contributed by atoms with Crippen molar-refractivity contribution >= 4 is 29.3 Å². The Hall–Kier alpha value is -2.13. The number of nitrogens with zero attached hydrogens (tertiary/aromatic N) is 1. The molecule has 1 amide bonds. The van der Waals surface area contributed by atoms with Crippen LogP contribution in [0.25, 0.3) is 0 Å². The molecule has 1 saturated heterocycles. The summed E-state index contributed by atoms with van der Waals surface area (Å²) in [7, 11) is 0. The zero-order chi connectivity index (χ0) is 21.3. The number of amides is 1. The monoisotopic (exact) mass is 429 g/mol. The van der Waals surface area contributed by atoms with Crippen molar-refractivity contribution in [2.75, 3.05) is 31.6 Å². The molecule has 4 rings (SSSR count). The first kappa shape index (κ1) is 21.1. The van der Waals surface area contributed by atoms with Crippen molar-refractivity contribution in [3.63, 3.8) is 0 Å². The summed E-state index contributed by atoms with van der Waals surface area (Å²) in [6.45, 7) is 8.05. The number of carbonyl (C=O) groups is 2. The Labute approximate surface area is 180 Å². The molecule has 0 radical (unpaired) electrons. The van der Waals surface area contributed by atoms with Gasteiger partial charge in [0.25, 0.3) is 5.91 Å². The summed E-state index contributed by atoms with van der Waals surface area (Å²) in [5.74, 6) is -0.186. The molecule has 1 aromatic carbocycles. The van der Waals surface area contributed by atoms with Gasteiger partial charge in [-0.05, 0) is 69.4 Å². The first-order valence-corrected chi connectivity index (χ1v) is 10.9. The molecular weight excluding hydrogens is 402 g/mol. The molecule has 1 atom stereocenters. The zero-order valence-electron chi connectivity index (χ0n) is 17.5. The van der Waals surface area contributed by atoms with Gasteiger partial charge in [-0.25, -0.2) is 0 Å². The predicted molar refractivity (Wildman–Crippen MR) is 116 cm³/mol. The molecule has 2 aromatic rings. The lowest BCUT2D eigenvalue weighted by Crippen LogP contribution is -2.43. The van der Waals surface area contributed by atoms with Crippen LogP contribution in [-0.2, 0) is 9.47 Å². The van der Waals surface area contributed by atoms with Gasteiger partial charge in [-0.2, -0.15) is 0 Å². The third-order valence-electron chi connectivity index (χ3n) is 5.16. The van der Waals surface area contributed by atoms with Crippen molar-refractivity contribution < 1.29 is 19.1 Å². The van der Waals surface area contributed by atoms with E-state index in [1.807, 2.05) is 49.1 Å². The topological polar surface area (TPSA) is 81.6 Å². The van der Waals surface area contributed by atoms with Gasteiger partial charge in [0.1, 0.15) is 5.69 Å². The van der Waals surface area contributed by atoms with Crippen LogP contribution in [-0.4, -0.2) is 53.7 Å². The number of Topliss-reactive ketones (excluding diaryl/α,β-unsaturated/α-hetero) is 1. The van der Waals surface area contributed by atoms with Gasteiger partial charge in [0.15, 0.2) is 5.78 Å². The van der Waals surface area contributed by atoms with Crippen LogP contribution in [0.15, 0.2) is 35.4 Å². The maximum absolute atomic E-state index is 12.6. The summed E-state index contributed by atoms with van der Waals surface area (Å²) in [6.07, 6.45) is 2.78. The standard InChI is InChI=1S/C22H27N3O4S/c1-14-8-18-21(27)24-17-9-15(4-5-20(17)30-25(18)11-14)19(26)10-23-7-6-16-12-29-22(2,3)13-28-16/h4-5,8-9,11,16,23H,6-7,10,12-13H2,1-3H3,(H,24,27)/t16-/m1/s1. The van der Waals surface area contributed by atoms with E-state index in [1.54, 1.807) is 6.07 Å². The van der Waals surface area contributed by atoms with Crippen molar-refractivity contribution in [3.05, 3.63) is 47.3 Å². The Morgan fingerprint density at radius 3 is 2.97 bits per heavy atom. The van der Waals surface area contributed by atoms with Crippen LogP contribution in [0.2, 0.25) is 0 Å². The maximum Gasteiger partial charge on any atom is 0.273 e. The highest BCUT2D eigenvalue weighted by Gasteiger charge is 2.28. The molecule has 1 fully saturated rings. The smallest absolute Gasteiger partial charge is 0.273 e. The fraction of sp³-hybridized carbons (Fsp3) is 0.455. The van der Waals surface area contributed by atoms with E-state index in [2.05, 4.69) is 10.6 Å². The van der Waals surface area contributed by atoms with Gasteiger partial charge in [0.05, 0.1) is 42.0 Å². The summed E-state index contributed by atoms with van der Waals surface area (Å²) in [4.78, 5) is 26.0. The predicted octanol–water partition coefficient (Wildman–Crippen LogP) is 3.27. The summed E-state index contributed by atoms with van der Waals surface area (Å²) >= 11 is 1.47. The van der Waals surface area contributed by atoms with Crippen molar-refractivity contribution in [1.29, 1.82) is 0 Å². The summed E-state index contributed by atoms with van der Waals surface area (Å²) in [5.41, 5.74) is 2.64. The van der Waals surface area contributed by atoms with Crippen LogP contribution in [0, 0.1) is 6.92 Å². The van der Waals surface area contributed by atoms with Gasteiger partial charge in [-0.3, -0.25) is 13.6 Å². The fourth-order valence-corrected chi connectivity index (χ4v) is 4.45. The molecule has 3 heterocycles. The van der Waals surface area contributed by atoms with Crippen molar-refractivity contribution in [2.45, 2.75) is 43.8 Å². The zero-order valence-corrected chi connectivity index (χ0v) is 18.3. The molecule has 0 saturated carbocycles. The van der Waals surface area contributed by atoms with Crippen LogP contribution in [0.5, 0.6) is 0 Å². The van der Waals surface area contributed by atoms with Crippen LogP contribution >= 0.6 is 11.9 Å². The number of ketones is 1. The molecular formula is C22H27N3O4S. The fourth-order valence-electron chi connectivity index (χ4n) is 3.45. The highest BCUT2D eigenvalue weighted by molar-refractivity contribution is 7.98. The molecule has 8 heteroatoms. The van der Waals surface area contributed by atoms with Gasteiger partial charge < -0.3 is 20.1 Å². The number of fused-ring (bicyclic) bond motifs is 2. The highest BCUT2D eigenvalue weighted by Crippen LogP contribution is 2.34.